The summed E-state index contributed by atoms with van der Waals surface area (Å²) in [5, 5.41) is 3.96. The Morgan fingerprint density at radius 1 is 0.897 bits per heavy atom. The van der Waals surface area contributed by atoms with Gasteiger partial charge in [-0.15, -0.1) is 11.8 Å². The number of hydrogen-bond donors (Lipinski definition) is 1. The van der Waals surface area contributed by atoms with Gasteiger partial charge in [0.2, 0.25) is 0 Å². The maximum atomic E-state index is 13.2. The van der Waals surface area contributed by atoms with Gasteiger partial charge in [-0.1, -0.05) is 76.2 Å². The van der Waals surface area contributed by atoms with Gasteiger partial charge in [-0.3, -0.25) is 4.79 Å². The predicted octanol–water partition coefficient (Wildman–Crippen LogP) is 6.87. The molecule has 0 spiro atoms. The van der Waals surface area contributed by atoms with Crippen LogP contribution in [0.25, 0.3) is 0 Å². The van der Waals surface area contributed by atoms with E-state index in [0.717, 1.165) is 27.6 Å². The van der Waals surface area contributed by atoms with E-state index in [9.17, 15) is 4.79 Å². The summed E-state index contributed by atoms with van der Waals surface area (Å²) in [5.41, 5.74) is 5.08. The lowest BCUT2D eigenvalue weighted by Gasteiger charge is -2.20. The van der Waals surface area contributed by atoms with Gasteiger partial charge >= 0.3 is 0 Å². The Hall–Kier alpha value is -2.59. The lowest BCUT2D eigenvalue weighted by molar-refractivity contribution is 0.102. The van der Waals surface area contributed by atoms with Crippen molar-refractivity contribution in [2.24, 2.45) is 0 Å². The minimum Gasteiger partial charge on any atom is -0.321 e. The van der Waals surface area contributed by atoms with Gasteiger partial charge in [-0.2, -0.15) is 0 Å². The zero-order valence-electron chi connectivity index (χ0n) is 17.5. The summed E-state index contributed by atoms with van der Waals surface area (Å²) in [6.45, 7) is 8.61. The van der Waals surface area contributed by atoms with Gasteiger partial charge in [-0.25, -0.2) is 4.98 Å². The van der Waals surface area contributed by atoms with E-state index in [1.54, 1.807) is 18.0 Å². The second-order valence-corrected chi connectivity index (χ2v) is 8.67. The van der Waals surface area contributed by atoms with Gasteiger partial charge in [0.05, 0.1) is 5.56 Å². The second kappa shape index (κ2) is 9.75. The van der Waals surface area contributed by atoms with Crippen LogP contribution in [0, 0.1) is 0 Å². The molecule has 0 aliphatic heterocycles. The Bertz CT molecular complexity index is 941. The highest BCUT2D eigenvalue weighted by atomic mass is 32.2. The van der Waals surface area contributed by atoms with Crippen LogP contribution >= 0.6 is 11.8 Å². The van der Waals surface area contributed by atoms with Crippen LogP contribution in [0.15, 0.2) is 71.9 Å². The van der Waals surface area contributed by atoms with E-state index in [1.807, 2.05) is 30.3 Å². The molecule has 0 saturated heterocycles. The van der Waals surface area contributed by atoms with Crippen LogP contribution in [-0.4, -0.2) is 10.9 Å². The van der Waals surface area contributed by atoms with Crippen molar-refractivity contribution in [3.05, 3.63) is 89.1 Å². The number of benzene rings is 2. The number of carbonyl (C=O) groups excluding carboxylic acids is 1. The van der Waals surface area contributed by atoms with Crippen LogP contribution < -0.4 is 5.32 Å². The molecule has 0 unspecified atom stereocenters. The van der Waals surface area contributed by atoms with Gasteiger partial charge in [-0.05, 0) is 40.7 Å². The standard InChI is InChI=1S/C25H28N2OS/c1-17(2)20-12-8-13-21(18(3)4)23(20)27-24(28)22-14-9-15-26-25(22)29-16-19-10-6-5-7-11-19/h5-15,17-18H,16H2,1-4H3,(H,27,28). The molecule has 1 heterocycles. The maximum absolute atomic E-state index is 13.2. The fourth-order valence-corrected chi connectivity index (χ4v) is 4.23. The van der Waals surface area contributed by atoms with Gasteiger partial charge in [0.1, 0.15) is 5.03 Å². The third kappa shape index (κ3) is 5.27. The molecule has 1 amide bonds. The number of thioether (sulfide) groups is 1. The van der Waals surface area contributed by atoms with Crippen LogP contribution in [-0.2, 0) is 5.75 Å². The van der Waals surface area contributed by atoms with E-state index in [4.69, 9.17) is 0 Å². The largest absolute Gasteiger partial charge is 0.321 e. The molecule has 4 heteroatoms. The molecule has 0 aliphatic rings. The average Bonchev–Trinajstić information content (AvgIpc) is 2.73. The first-order valence-electron chi connectivity index (χ1n) is 10.0. The lowest BCUT2D eigenvalue weighted by Crippen LogP contribution is -2.17. The average molecular weight is 405 g/mol. The van der Waals surface area contributed by atoms with E-state index >= 15 is 0 Å². The fraction of sp³-hybridized carbons (Fsp3) is 0.280. The van der Waals surface area contributed by atoms with Crippen molar-refractivity contribution < 1.29 is 4.79 Å². The van der Waals surface area contributed by atoms with Gasteiger partial charge in [0.15, 0.2) is 0 Å². The Morgan fingerprint density at radius 2 is 1.55 bits per heavy atom. The molecule has 29 heavy (non-hydrogen) atoms. The third-order valence-electron chi connectivity index (χ3n) is 4.85. The molecular weight excluding hydrogens is 376 g/mol. The van der Waals surface area contributed by atoms with E-state index in [-0.39, 0.29) is 5.91 Å². The zero-order valence-corrected chi connectivity index (χ0v) is 18.3. The molecule has 1 N–H and O–H groups in total. The monoisotopic (exact) mass is 404 g/mol. The molecule has 150 valence electrons. The highest BCUT2D eigenvalue weighted by Gasteiger charge is 2.19. The van der Waals surface area contributed by atoms with E-state index in [2.05, 4.69) is 68.3 Å². The summed E-state index contributed by atoms with van der Waals surface area (Å²) in [6.07, 6.45) is 1.74. The van der Waals surface area contributed by atoms with Crippen molar-refractivity contribution >= 4 is 23.4 Å². The minimum atomic E-state index is -0.108. The molecule has 0 bridgehead atoms. The van der Waals surface area contributed by atoms with Crippen LogP contribution in [0.2, 0.25) is 0 Å². The fourth-order valence-electron chi connectivity index (χ4n) is 3.28. The van der Waals surface area contributed by atoms with Crippen LogP contribution in [0.3, 0.4) is 0 Å². The summed E-state index contributed by atoms with van der Waals surface area (Å²) >= 11 is 1.59. The first kappa shape index (κ1) is 21.1. The van der Waals surface area contributed by atoms with Crippen molar-refractivity contribution in [1.29, 1.82) is 0 Å². The SMILES string of the molecule is CC(C)c1cccc(C(C)C)c1NC(=O)c1cccnc1SCc1ccccc1. The van der Waals surface area contributed by atoms with E-state index in [1.165, 1.54) is 5.56 Å². The first-order chi connectivity index (χ1) is 14.0. The highest BCUT2D eigenvalue weighted by molar-refractivity contribution is 7.98. The highest BCUT2D eigenvalue weighted by Crippen LogP contribution is 2.33. The molecular formula is C25H28N2OS. The van der Waals surface area contributed by atoms with Crippen molar-refractivity contribution in [2.75, 3.05) is 5.32 Å². The number of pyridine rings is 1. The van der Waals surface area contributed by atoms with E-state index < -0.39 is 0 Å². The summed E-state index contributed by atoms with van der Waals surface area (Å²) < 4.78 is 0. The van der Waals surface area contributed by atoms with Crippen molar-refractivity contribution in [1.82, 2.24) is 4.98 Å². The Kier molecular flexibility index (Phi) is 7.10. The molecule has 0 saturated carbocycles. The smallest absolute Gasteiger partial charge is 0.258 e. The van der Waals surface area contributed by atoms with Crippen LogP contribution in [0.1, 0.15) is 66.6 Å². The molecule has 0 radical (unpaired) electrons. The van der Waals surface area contributed by atoms with Crippen molar-refractivity contribution in [3.8, 4) is 0 Å². The maximum Gasteiger partial charge on any atom is 0.258 e. The third-order valence-corrected chi connectivity index (χ3v) is 5.92. The van der Waals surface area contributed by atoms with Crippen molar-refractivity contribution in [2.45, 2.75) is 50.3 Å². The number of aromatic nitrogens is 1. The zero-order chi connectivity index (χ0) is 20.8. The molecule has 2 aromatic carbocycles. The van der Waals surface area contributed by atoms with Crippen LogP contribution in [0.4, 0.5) is 5.69 Å². The normalized spacial score (nSPS) is 11.1. The Morgan fingerprint density at radius 3 is 2.17 bits per heavy atom. The summed E-state index contributed by atoms with van der Waals surface area (Å²) in [6, 6.07) is 20.2. The molecule has 1 aromatic heterocycles. The van der Waals surface area contributed by atoms with E-state index in [0.29, 0.717) is 17.4 Å². The number of carbonyl (C=O) groups is 1. The Labute approximate surface area is 178 Å². The lowest BCUT2D eigenvalue weighted by atomic mass is 9.92. The number of para-hydroxylation sites is 1. The number of amides is 1. The quantitative estimate of drug-likeness (QED) is 0.437. The topological polar surface area (TPSA) is 42.0 Å². The first-order valence-corrected chi connectivity index (χ1v) is 11.0. The predicted molar refractivity (Wildman–Crippen MR) is 123 cm³/mol. The summed E-state index contributed by atoms with van der Waals surface area (Å²) in [4.78, 5) is 17.7. The molecule has 0 fully saturated rings. The van der Waals surface area contributed by atoms with Gasteiger partial charge < -0.3 is 5.32 Å². The van der Waals surface area contributed by atoms with Gasteiger partial charge in [0, 0.05) is 17.6 Å². The number of anilines is 1. The number of nitrogens with zero attached hydrogens (tertiary/aromatic N) is 1. The van der Waals surface area contributed by atoms with Crippen molar-refractivity contribution in [3.63, 3.8) is 0 Å². The summed E-state index contributed by atoms with van der Waals surface area (Å²) in [5.74, 6) is 1.32. The Balaban J connectivity index is 1.87. The molecule has 0 aliphatic carbocycles. The second-order valence-electron chi connectivity index (χ2n) is 7.71. The van der Waals surface area contributed by atoms with Gasteiger partial charge in [0.25, 0.3) is 5.91 Å². The van der Waals surface area contributed by atoms with Crippen LogP contribution in [0.5, 0.6) is 0 Å². The molecule has 3 nitrogen and oxygen atoms in total. The molecule has 3 rings (SSSR count). The number of nitrogens with one attached hydrogen (secondary N) is 1. The number of rotatable bonds is 7. The molecule has 3 aromatic rings. The summed E-state index contributed by atoms with van der Waals surface area (Å²) in [7, 11) is 0. The minimum absolute atomic E-state index is 0.108. The number of hydrogen-bond acceptors (Lipinski definition) is 3. The molecule has 0 atom stereocenters.